The van der Waals surface area contributed by atoms with Gasteiger partial charge in [0, 0.05) is 27.1 Å². The van der Waals surface area contributed by atoms with Crippen LogP contribution in [0.25, 0.3) is 71.6 Å². The van der Waals surface area contributed by atoms with E-state index in [1.165, 1.54) is 60.4 Å². The quantitative estimate of drug-likeness (QED) is 0.224. The fraction of sp³-hybridized carbons (Fsp3) is 0.0833. The van der Waals surface area contributed by atoms with Crippen LogP contribution in [0.3, 0.4) is 0 Å². The van der Waals surface area contributed by atoms with Crippen molar-refractivity contribution >= 4 is 49.4 Å². The van der Waals surface area contributed by atoms with Gasteiger partial charge in [-0.15, -0.1) is 0 Å². The largest absolute Gasteiger partial charge is 0.338 e. The fourth-order valence-corrected chi connectivity index (χ4v) is 7.03. The normalized spacial score (nSPS) is 14.1. The van der Waals surface area contributed by atoms with Crippen molar-refractivity contribution in [1.29, 1.82) is 0 Å². The minimum Gasteiger partial charge on any atom is -0.338 e. The van der Waals surface area contributed by atoms with Crippen molar-refractivity contribution in [2.24, 2.45) is 0 Å². The number of imidazole rings is 1. The molecule has 0 unspecified atom stereocenters. The molecular formula is C36H25N3. The summed E-state index contributed by atoms with van der Waals surface area (Å²) in [6.45, 7) is 4.68. The highest BCUT2D eigenvalue weighted by Gasteiger charge is 2.35. The summed E-state index contributed by atoms with van der Waals surface area (Å²) in [6.07, 6.45) is 0. The summed E-state index contributed by atoms with van der Waals surface area (Å²) in [4.78, 5) is 8.79. The van der Waals surface area contributed by atoms with Gasteiger partial charge in [-0.1, -0.05) is 105 Å². The molecule has 0 atom stereocenters. The summed E-state index contributed by atoms with van der Waals surface area (Å²) in [5, 5.41) is 4.84. The van der Waals surface area contributed by atoms with Crippen molar-refractivity contribution in [1.82, 2.24) is 14.4 Å². The third kappa shape index (κ3) is 2.64. The Labute approximate surface area is 225 Å². The molecule has 0 aliphatic heterocycles. The molecule has 8 aromatic rings. The third-order valence-corrected chi connectivity index (χ3v) is 8.93. The molecule has 0 bridgehead atoms. The summed E-state index contributed by atoms with van der Waals surface area (Å²) in [6, 6.07) is 39.8. The number of rotatable bonds is 1. The van der Waals surface area contributed by atoms with Gasteiger partial charge in [-0.05, 0) is 57.0 Å². The Balaban J connectivity index is 1.27. The van der Waals surface area contributed by atoms with Gasteiger partial charge in [-0.3, -0.25) is 4.40 Å². The van der Waals surface area contributed by atoms with E-state index >= 15 is 0 Å². The molecule has 3 heteroatoms. The van der Waals surface area contributed by atoms with Crippen LogP contribution < -0.4 is 0 Å². The predicted molar refractivity (Wildman–Crippen MR) is 163 cm³/mol. The minimum atomic E-state index is -0.0112. The average Bonchev–Trinajstić information content (AvgIpc) is 3.59. The van der Waals surface area contributed by atoms with E-state index in [9.17, 15) is 0 Å². The second kappa shape index (κ2) is 7.15. The molecule has 0 spiro atoms. The summed E-state index contributed by atoms with van der Waals surface area (Å²) in [5.74, 6) is 0. The van der Waals surface area contributed by atoms with Crippen LogP contribution in [0.2, 0.25) is 0 Å². The van der Waals surface area contributed by atoms with Crippen molar-refractivity contribution in [3.63, 3.8) is 0 Å². The zero-order chi connectivity index (χ0) is 25.9. The van der Waals surface area contributed by atoms with E-state index in [4.69, 9.17) is 4.98 Å². The van der Waals surface area contributed by atoms with Crippen molar-refractivity contribution in [3.8, 4) is 22.3 Å². The third-order valence-electron chi connectivity index (χ3n) is 8.93. The number of aromatic amines is 1. The molecule has 1 N–H and O–H groups in total. The van der Waals surface area contributed by atoms with E-state index < -0.39 is 0 Å². The highest BCUT2D eigenvalue weighted by Crippen LogP contribution is 2.49. The Morgan fingerprint density at radius 3 is 2.21 bits per heavy atom. The van der Waals surface area contributed by atoms with Crippen molar-refractivity contribution in [2.45, 2.75) is 19.3 Å². The van der Waals surface area contributed by atoms with E-state index in [0.717, 1.165) is 22.3 Å². The van der Waals surface area contributed by atoms with Crippen LogP contribution >= 0.6 is 0 Å². The lowest BCUT2D eigenvalue weighted by Gasteiger charge is -2.22. The van der Waals surface area contributed by atoms with Crippen LogP contribution in [0.1, 0.15) is 25.0 Å². The first-order valence-electron chi connectivity index (χ1n) is 13.6. The lowest BCUT2D eigenvalue weighted by atomic mass is 9.81. The standard InChI is InChI=1S/C36H25N3/c1-36(2)29-13-7-5-10-24(29)25-17-15-21(19-30(25)36)22-16-18-28-31(20-22)37-34-33(28)39-32-14-8-6-11-26(32)23-9-3-4-12-27(23)35(39)38-34/h3-20,37H,1-2H3. The average molecular weight is 500 g/mol. The molecule has 39 heavy (non-hydrogen) atoms. The monoisotopic (exact) mass is 499 g/mol. The minimum absolute atomic E-state index is 0.0112. The van der Waals surface area contributed by atoms with E-state index in [2.05, 4.69) is 132 Å². The number of nitrogens with zero attached hydrogens (tertiary/aromatic N) is 2. The van der Waals surface area contributed by atoms with E-state index in [0.29, 0.717) is 0 Å². The maximum Gasteiger partial charge on any atom is 0.158 e. The Morgan fingerprint density at radius 2 is 1.31 bits per heavy atom. The molecular weight excluding hydrogens is 474 g/mol. The molecule has 3 heterocycles. The van der Waals surface area contributed by atoms with Gasteiger partial charge in [-0.2, -0.15) is 0 Å². The maximum atomic E-state index is 5.13. The first kappa shape index (κ1) is 21.1. The Hall–Kier alpha value is -4.89. The summed E-state index contributed by atoms with van der Waals surface area (Å²) in [7, 11) is 0. The van der Waals surface area contributed by atoms with Crippen LogP contribution in [-0.2, 0) is 5.41 Å². The summed E-state index contributed by atoms with van der Waals surface area (Å²) in [5.41, 5.74) is 13.3. The molecule has 0 amide bonds. The van der Waals surface area contributed by atoms with Crippen LogP contribution in [0, 0.1) is 0 Å². The zero-order valence-corrected chi connectivity index (χ0v) is 21.8. The molecule has 0 saturated carbocycles. The SMILES string of the molecule is CC1(C)c2ccccc2-c2ccc(-c3ccc4c(c3)[nH]c3nc5c6ccccc6c6ccccc6n5c34)cc21. The van der Waals surface area contributed by atoms with Gasteiger partial charge in [0.15, 0.2) is 5.65 Å². The van der Waals surface area contributed by atoms with Crippen LogP contribution in [0.5, 0.6) is 0 Å². The van der Waals surface area contributed by atoms with Gasteiger partial charge < -0.3 is 4.98 Å². The summed E-state index contributed by atoms with van der Waals surface area (Å²) >= 11 is 0. The van der Waals surface area contributed by atoms with E-state index in [1.807, 2.05) is 0 Å². The molecule has 184 valence electrons. The topological polar surface area (TPSA) is 33.1 Å². The second-order valence-corrected chi connectivity index (χ2v) is 11.3. The Kier molecular flexibility index (Phi) is 3.86. The summed E-state index contributed by atoms with van der Waals surface area (Å²) < 4.78 is 2.33. The van der Waals surface area contributed by atoms with Gasteiger partial charge in [0.1, 0.15) is 5.65 Å². The predicted octanol–water partition coefficient (Wildman–Crippen LogP) is 9.25. The molecule has 5 aromatic carbocycles. The number of benzene rings is 5. The maximum absolute atomic E-state index is 5.13. The number of para-hydroxylation sites is 1. The molecule has 9 rings (SSSR count). The Morgan fingerprint density at radius 1 is 0.615 bits per heavy atom. The van der Waals surface area contributed by atoms with Crippen molar-refractivity contribution < 1.29 is 0 Å². The number of hydrogen-bond donors (Lipinski definition) is 1. The molecule has 1 aliphatic rings. The number of aromatic nitrogens is 3. The van der Waals surface area contributed by atoms with Gasteiger partial charge >= 0.3 is 0 Å². The molecule has 0 fully saturated rings. The van der Waals surface area contributed by atoms with Crippen molar-refractivity contribution in [3.05, 3.63) is 120 Å². The zero-order valence-electron chi connectivity index (χ0n) is 21.8. The fourth-order valence-electron chi connectivity index (χ4n) is 7.03. The van der Waals surface area contributed by atoms with Gasteiger partial charge in [0.2, 0.25) is 0 Å². The highest BCUT2D eigenvalue weighted by molar-refractivity contribution is 6.16. The number of nitrogens with one attached hydrogen (secondary N) is 1. The van der Waals surface area contributed by atoms with Crippen molar-refractivity contribution in [2.75, 3.05) is 0 Å². The van der Waals surface area contributed by atoms with E-state index in [1.54, 1.807) is 0 Å². The smallest absolute Gasteiger partial charge is 0.158 e. The number of pyridine rings is 1. The highest BCUT2D eigenvalue weighted by atomic mass is 15.1. The van der Waals surface area contributed by atoms with Gasteiger partial charge in [0.05, 0.1) is 11.0 Å². The van der Waals surface area contributed by atoms with Gasteiger partial charge in [0.25, 0.3) is 0 Å². The molecule has 3 aromatic heterocycles. The molecule has 0 saturated heterocycles. The van der Waals surface area contributed by atoms with Crippen LogP contribution in [0.4, 0.5) is 0 Å². The van der Waals surface area contributed by atoms with E-state index in [-0.39, 0.29) is 5.41 Å². The number of fused-ring (bicyclic) bond motifs is 13. The van der Waals surface area contributed by atoms with Crippen LogP contribution in [0.15, 0.2) is 109 Å². The lowest BCUT2D eigenvalue weighted by molar-refractivity contribution is 0.660. The molecule has 0 radical (unpaired) electrons. The Bertz CT molecular complexity index is 2280. The molecule has 1 aliphatic carbocycles. The van der Waals surface area contributed by atoms with Gasteiger partial charge in [-0.25, -0.2) is 4.98 Å². The number of hydrogen-bond acceptors (Lipinski definition) is 1. The van der Waals surface area contributed by atoms with Crippen LogP contribution in [-0.4, -0.2) is 14.4 Å². The first-order valence-corrected chi connectivity index (χ1v) is 13.6. The first-order chi connectivity index (χ1) is 19.1. The second-order valence-electron chi connectivity index (χ2n) is 11.3. The lowest BCUT2D eigenvalue weighted by Crippen LogP contribution is -2.14. The number of H-pyrrole nitrogens is 1. The molecule has 3 nitrogen and oxygen atoms in total.